The van der Waals surface area contributed by atoms with Crippen LogP contribution in [0.3, 0.4) is 0 Å². The molecule has 0 bridgehead atoms. The van der Waals surface area contributed by atoms with E-state index < -0.39 is 5.66 Å². The van der Waals surface area contributed by atoms with Gasteiger partial charge in [0.2, 0.25) is 0 Å². The Morgan fingerprint density at radius 3 is 2.39 bits per heavy atom. The van der Waals surface area contributed by atoms with Crippen molar-refractivity contribution in [1.82, 2.24) is 21.7 Å². The highest BCUT2D eigenvalue weighted by molar-refractivity contribution is 5.06. The Bertz CT molecular complexity index is 385. The summed E-state index contributed by atoms with van der Waals surface area (Å²) in [5, 5.41) is 8.99. The van der Waals surface area contributed by atoms with Crippen LogP contribution in [-0.2, 0) is 4.74 Å². The van der Waals surface area contributed by atoms with Crippen LogP contribution in [0, 0.1) is 24.4 Å². The van der Waals surface area contributed by atoms with Crippen LogP contribution < -0.4 is 21.7 Å². The number of rotatable bonds is 7. The summed E-state index contributed by atoms with van der Waals surface area (Å²) < 4.78 is 5.23. The van der Waals surface area contributed by atoms with Crippen molar-refractivity contribution < 1.29 is 9.84 Å². The zero-order chi connectivity index (χ0) is 12.9. The molecule has 2 saturated heterocycles. The van der Waals surface area contributed by atoms with E-state index in [4.69, 9.17) is 16.3 Å². The van der Waals surface area contributed by atoms with Crippen LogP contribution in [0.4, 0.5) is 0 Å². The van der Waals surface area contributed by atoms with E-state index in [0.717, 1.165) is 19.3 Å². The maximum Gasteiger partial charge on any atom is 0.129 e. The topological polar surface area (TPSA) is 117 Å². The van der Waals surface area contributed by atoms with Crippen LogP contribution in [0.25, 0.3) is 0 Å². The van der Waals surface area contributed by atoms with E-state index in [0.29, 0.717) is 13.0 Å². The lowest BCUT2D eigenvalue weighted by Crippen LogP contribution is -2.21. The lowest BCUT2D eigenvalue weighted by atomic mass is 10.1. The molecular weight excluding hydrogens is 232 g/mol. The van der Waals surface area contributed by atoms with Gasteiger partial charge in [-0.25, -0.2) is 21.7 Å². The number of hydrazine groups is 2. The first-order chi connectivity index (χ1) is 8.74. The van der Waals surface area contributed by atoms with Gasteiger partial charge in [0.15, 0.2) is 0 Å². The molecule has 2 aliphatic heterocycles. The fourth-order valence-electron chi connectivity index (χ4n) is 1.57. The van der Waals surface area contributed by atoms with Gasteiger partial charge in [0.1, 0.15) is 18.4 Å². The van der Waals surface area contributed by atoms with Crippen LogP contribution in [0.15, 0.2) is 0 Å². The molecule has 0 aliphatic carbocycles. The predicted molar refractivity (Wildman–Crippen MR) is 66.1 cm³/mol. The molecule has 98 valence electrons. The fourth-order valence-corrected chi connectivity index (χ4v) is 1.57. The van der Waals surface area contributed by atoms with Crippen LogP contribution in [0.1, 0.15) is 25.7 Å². The Labute approximate surface area is 107 Å². The van der Waals surface area contributed by atoms with Crippen molar-refractivity contribution in [2.45, 2.75) is 37.0 Å². The molecule has 2 heterocycles. The van der Waals surface area contributed by atoms with Gasteiger partial charge < -0.3 is 9.84 Å². The second-order valence-electron chi connectivity index (χ2n) is 4.58. The van der Waals surface area contributed by atoms with E-state index in [-0.39, 0.29) is 12.3 Å². The number of nitrogens with one attached hydrogen (secondary N) is 4. The van der Waals surface area contributed by atoms with E-state index in [1.54, 1.807) is 0 Å². The van der Waals surface area contributed by atoms with E-state index in [9.17, 15) is 0 Å². The van der Waals surface area contributed by atoms with Crippen molar-refractivity contribution in [3.8, 4) is 24.4 Å². The standard InChI is InChI=1S/C12H18N4O2/c1-2-3-5-11(13-14-11)7-9-18-8-4-6-12(10-17)15-16-12/h1,13-17H,3,5-7,9-10H2. The van der Waals surface area contributed by atoms with Crippen LogP contribution >= 0.6 is 0 Å². The molecule has 5 N–H and O–H groups in total. The molecule has 6 nitrogen and oxygen atoms in total. The smallest absolute Gasteiger partial charge is 0.129 e. The van der Waals surface area contributed by atoms with E-state index in [2.05, 4.69) is 39.7 Å². The normalized spacial score (nSPS) is 21.3. The number of hydrogen-bond donors (Lipinski definition) is 5. The van der Waals surface area contributed by atoms with E-state index in [1.807, 2.05) is 0 Å². The van der Waals surface area contributed by atoms with Gasteiger partial charge in [-0.1, -0.05) is 5.92 Å². The third-order valence-electron chi connectivity index (χ3n) is 3.09. The molecular formula is C12H18N4O2. The molecule has 2 rings (SSSR count). The van der Waals surface area contributed by atoms with Gasteiger partial charge in [0.25, 0.3) is 0 Å². The first-order valence-electron chi connectivity index (χ1n) is 5.97. The Morgan fingerprint density at radius 1 is 1.11 bits per heavy atom. The SMILES string of the molecule is C#CCCC1(CCOC#CCC2(CO)NN2)NN1. The largest absolute Gasteiger partial charge is 0.446 e. The molecule has 0 spiro atoms. The Kier molecular flexibility index (Phi) is 4.07. The highest BCUT2D eigenvalue weighted by atomic mass is 16.5. The minimum Gasteiger partial charge on any atom is -0.446 e. The minimum absolute atomic E-state index is 0.0186. The number of aliphatic hydroxyl groups is 1. The van der Waals surface area contributed by atoms with E-state index in [1.165, 1.54) is 0 Å². The molecule has 0 aromatic rings. The number of aliphatic hydroxyl groups excluding tert-OH is 1. The van der Waals surface area contributed by atoms with Gasteiger partial charge in [-0.05, 0) is 6.42 Å². The second kappa shape index (κ2) is 5.57. The maximum absolute atomic E-state index is 8.99. The Morgan fingerprint density at radius 2 is 1.83 bits per heavy atom. The molecule has 0 aromatic heterocycles. The average molecular weight is 250 g/mol. The molecule has 0 amide bonds. The van der Waals surface area contributed by atoms with Gasteiger partial charge in [-0.2, -0.15) is 0 Å². The summed E-state index contributed by atoms with van der Waals surface area (Å²) in [6, 6.07) is 0. The second-order valence-corrected chi connectivity index (χ2v) is 4.58. The lowest BCUT2D eigenvalue weighted by molar-refractivity contribution is 0.242. The fraction of sp³-hybridized carbons (Fsp3) is 0.667. The van der Waals surface area contributed by atoms with Crippen molar-refractivity contribution in [2.24, 2.45) is 0 Å². The summed E-state index contributed by atoms with van der Waals surface area (Å²) in [4.78, 5) is 0. The summed E-state index contributed by atoms with van der Waals surface area (Å²) in [7, 11) is 0. The highest BCUT2D eigenvalue weighted by Crippen LogP contribution is 2.21. The summed E-state index contributed by atoms with van der Waals surface area (Å²) in [6.45, 7) is 0.565. The number of terminal acetylenes is 1. The van der Waals surface area contributed by atoms with E-state index >= 15 is 0 Å². The Balaban J connectivity index is 1.56. The van der Waals surface area contributed by atoms with Crippen LogP contribution in [0.5, 0.6) is 0 Å². The van der Waals surface area contributed by atoms with Gasteiger partial charge in [0, 0.05) is 19.3 Å². The third-order valence-corrected chi connectivity index (χ3v) is 3.09. The molecule has 0 unspecified atom stereocenters. The zero-order valence-electron chi connectivity index (χ0n) is 10.2. The molecule has 6 heteroatoms. The first-order valence-corrected chi connectivity index (χ1v) is 5.97. The summed E-state index contributed by atoms with van der Waals surface area (Å²) in [6.07, 6.45) is 10.8. The van der Waals surface area contributed by atoms with Crippen molar-refractivity contribution >= 4 is 0 Å². The molecule has 18 heavy (non-hydrogen) atoms. The molecule has 2 aliphatic rings. The molecule has 0 radical (unpaired) electrons. The van der Waals surface area contributed by atoms with Crippen LogP contribution in [-0.4, -0.2) is 29.6 Å². The monoisotopic (exact) mass is 250 g/mol. The van der Waals surface area contributed by atoms with Crippen molar-refractivity contribution in [2.75, 3.05) is 13.2 Å². The molecule has 2 fully saturated rings. The number of hydrogen-bond acceptors (Lipinski definition) is 6. The average Bonchev–Trinajstić information content (AvgIpc) is 3.29. The van der Waals surface area contributed by atoms with Gasteiger partial charge in [-0.15, -0.1) is 12.3 Å². The lowest BCUT2D eigenvalue weighted by Gasteiger charge is -2.08. The van der Waals surface area contributed by atoms with Gasteiger partial charge in [0.05, 0.1) is 12.3 Å². The Hall–Kier alpha value is -1.28. The van der Waals surface area contributed by atoms with Crippen molar-refractivity contribution in [3.63, 3.8) is 0 Å². The van der Waals surface area contributed by atoms with Gasteiger partial charge in [-0.3, -0.25) is 0 Å². The molecule has 0 aromatic carbocycles. The zero-order valence-corrected chi connectivity index (χ0v) is 10.2. The maximum atomic E-state index is 8.99. The first kappa shape index (κ1) is 13.2. The summed E-state index contributed by atoms with van der Waals surface area (Å²) in [5.74, 6) is 5.48. The third kappa shape index (κ3) is 3.61. The van der Waals surface area contributed by atoms with Crippen molar-refractivity contribution in [3.05, 3.63) is 0 Å². The molecule has 0 atom stereocenters. The number of ether oxygens (including phenoxy) is 1. The summed E-state index contributed by atoms with van der Waals surface area (Å²) in [5.41, 5.74) is 11.4. The highest BCUT2D eigenvalue weighted by Gasteiger charge is 2.41. The predicted octanol–water partition coefficient (Wildman–Crippen LogP) is -1.24. The van der Waals surface area contributed by atoms with Gasteiger partial charge >= 0.3 is 0 Å². The van der Waals surface area contributed by atoms with Crippen LogP contribution in [0.2, 0.25) is 0 Å². The minimum atomic E-state index is -0.413. The molecule has 0 saturated carbocycles. The van der Waals surface area contributed by atoms with Crippen molar-refractivity contribution in [1.29, 1.82) is 0 Å². The summed E-state index contributed by atoms with van der Waals surface area (Å²) >= 11 is 0. The quantitative estimate of drug-likeness (QED) is 0.219.